The van der Waals surface area contributed by atoms with Gasteiger partial charge in [0.15, 0.2) is 0 Å². The summed E-state index contributed by atoms with van der Waals surface area (Å²) in [5.41, 5.74) is 0.276. The fourth-order valence-electron chi connectivity index (χ4n) is 2.18. The van der Waals surface area contributed by atoms with Crippen LogP contribution >= 0.6 is 0 Å². The van der Waals surface area contributed by atoms with Gasteiger partial charge in [-0.1, -0.05) is 0 Å². The number of nitrogens with one attached hydrogen (secondary N) is 2. The summed E-state index contributed by atoms with van der Waals surface area (Å²) >= 11 is 0. The van der Waals surface area contributed by atoms with E-state index >= 15 is 0 Å². The number of ether oxygens (including phenoxy) is 1. The molecule has 0 aliphatic carbocycles. The molecule has 1 fully saturated rings. The number of carboxylic acid groups (broad SMARTS) is 1. The third-order valence-electron chi connectivity index (χ3n) is 3.33. The summed E-state index contributed by atoms with van der Waals surface area (Å²) in [6, 6.07) is 3.95. The standard InChI is InChI=1S/C13H18N2O5S/c1-14-12-5-4-10(7-11(12)13(16)17)21(18,19)15-8-9-3-2-6-20-9/h4-5,7,9,14-15H,2-3,6,8H2,1H3,(H,16,17)/t9-/m0/s1. The van der Waals surface area contributed by atoms with Crippen LogP contribution in [0.3, 0.4) is 0 Å². The Hall–Kier alpha value is -1.64. The summed E-state index contributed by atoms with van der Waals surface area (Å²) < 4.78 is 32.2. The molecule has 0 aromatic heterocycles. The van der Waals surface area contributed by atoms with Crippen LogP contribution in [0.5, 0.6) is 0 Å². The lowest BCUT2D eigenvalue weighted by Gasteiger charge is -2.13. The SMILES string of the molecule is CNc1ccc(S(=O)(=O)NC[C@@H]2CCCO2)cc1C(=O)O. The molecule has 1 aliphatic heterocycles. The van der Waals surface area contributed by atoms with Gasteiger partial charge in [-0.25, -0.2) is 17.9 Å². The zero-order valence-corrected chi connectivity index (χ0v) is 12.4. The largest absolute Gasteiger partial charge is 0.478 e. The van der Waals surface area contributed by atoms with Gasteiger partial charge in [-0.2, -0.15) is 0 Å². The molecule has 1 aromatic carbocycles. The van der Waals surface area contributed by atoms with E-state index in [0.717, 1.165) is 18.9 Å². The van der Waals surface area contributed by atoms with Crippen molar-refractivity contribution in [1.82, 2.24) is 4.72 Å². The lowest BCUT2D eigenvalue weighted by Crippen LogP contribution is -2.32. The van der Waals surface area contributed by atoms with Crippen LogP contribution in [0.2, 0.25) is 0 Å². The second-order valence-electron chi connectivity index (χ2n) is 4.75. The second kappa shape index (κ2) is 6.42. The van der Waals surface area contributed by atoms with Crippen LogP contribution in [0.4, 0.5) is 5.69 Å². The lowest BCUT2D eigenvalue weighted by atomic mass is 10.2. The van der Waals surface area contributed by atoms with E-state index in [0.29, 0.717) is 12.3 Å². The van der Waals surface area contributed by atoms with Crippen molar-refractivity contribution in [2.24, 2.45) is 0 Å². The molecule has 1 aromatic rings. The Morgan fingerprint density at radius 2 is 2.24 bits per heavy atom. The molecule has 116 valence electrons. The summed E-state index contributed by atoms with van der Waals surface area (Å²) in [7, 11) is -2.17. The molecule has 1 aliphatic rings. The van der Waals surface area contributed by atoms with Crippen molar-refractivity contribution in [2.75, 3.05) is 25.5 Å². The number of rotatable bonds is 6. The molecular weight excluding hydrogens is 296 g/mol. The fourth-order valence-corrected chi connectivity index (χ4v) is 3.27. The predicted molar refractivity (Wildman–Crippen MR) is 77.1 cm³/mol. The third-order valence-corrected chi connectivity index (χ3v) is 4.75. The summed E-state index contributed by atoms with van der Waals surface area (Å²) in [6.07, 6.45) is 1.63. The quantitative estimate of drug-likeness (QED) is 0.720. The molecule has 0 unspecified atom stereocenters. The Bertz CT molecular complexity index is 623. The number of hydrogen-bond donors (Lipinski definition) is 3. The maximum Gasteiger partial charge on any atom is 0.337 e. The fraction of sp³-hybridized carbons (Fsp3) is 0.462. The van der Waals surface area contributed by atoms with E-state index in [9.17, 15) is 13.2 Å². The molecule has 7 nitrogen and oxygen atoms in total. The van der Waals surface area contributed by atoms with Crippen molar-refractivity contribution in [3.05, 3.63) is 23.8 Å². The first-order chi connectivity index (χ1) is 9.94. The van der Waals surface area contributed by atoms with E-state index in [1.54, 1.807) is 7.05 Å². The summed E-state index contributed by atoms with van der Waals surface area (Å²) in [6.45, 7) is 0.838. The van der Waals surface area contributed by atoms with Crippen LogP contribution in [-0.2, 0) is 14.8 Å². The first-order valence-electron chi connectivity index (χ1n) is 6.60. The van der Waals surface area contributed by atoms with Crippen molar-refractivity contribution in [3.8, 4) is 0 Å². The molecule has 0 bridgehead atoms. The van der Waals surface area contributed by atoms with Crippen LogP contribution in [0, 0.1) is 0 Å². The molecule has 2 rings (SSSR count). The van der Waals surface area contributed by atoms with E-state index < -0.39 is 16.0 Å². The van der Waals surface area contributed by atoms with Gasteiger partial charge in [-0.05, 0) is 31.0 Å². The highest BCUT2D eigenvalue weighted by Crippen LogP contribution is 2.20. The molecular formula is C13H18N2O5S. The van der Waals surface area contributed by atoms with Gasteiger partial charge in [0, 0.05) is 25.9 Å². The van der Waals surface area contributed by atoms with E-state index in [1.807, 2.05) is 0 Å². The van der Waals surface area contributed by atoms with E-state index in [-0.39, 0.29) is 23.1 Å². The highest BCUT2D eigenvalue weighted by Gasteiger charge is 2.22. The molecule has 0 saturated carbocycles. The van der Waals surface area contributed by atoms with Gasteiger partial charge in [0.05, 0.1) is 16.6 Å². The summed E-state index contributed by atoms with van der Waals surface area (Å²) in [4.78, 5) is 11.1. The van der Waals surface area contributed by atoms with Gasteiger partial charge in [0.1, 0.15) is 0 Å². The molecule has 8 heteroatoms. The van der Waals surface area contributed by atoms with Gasteiger partial charge >= 0.3 is 5.97 Å². The van der Waals surface area contributed by atoms with Crippen LogP contribution in [0.25, 0.3) is 0 Å². The average molecular weight is 314 g/mol. The summed E-state index contributed by atoms with van der Waals surface area (Å²) in [5, 5.41) is 11.8. The maximum atomic E-state index is 12.2. The zero-order chi connectivity index (χ0) is 15.5. The van der Waals surface area contributed by atoms with Crippen molar-refractivity contribution >= 4 is 21.7 Å². The first kappa shape index (κ1) is 15.7. The van der Waals surface area contributed by atoms with E-state index in [2.05, 4.69) is 10.0 Å². The average Bonchev–Trinajstić information content (AvgIpc) is 2.97. The molecule has 0 radical (unpaired) electrons. The molecule has 1 heterocycles. The normalized spacial score (nSPS) is 18.6. The number of sulfonamides is 1. The second-order valence-corrected chi connectivity index (χ2v) is 6.52. The number of carbonyl (C=O) groups is 1. The minimum atomic E-state index is -3.75. The smallest absolute Gasteiger partial charge is 0.337 e. The number of aromatic carboxylic acids is 1. The highest BCUT2D eigenvalue weighted by molar-refractivity contribution is 7.89. The van der Waals surface area contributed by atoms with Crippen LogP contribution in [0.1, 0.15) is 23.2 Å². The van der Waals surface area contributed by atoms with Gasteiger partial charge in [-0.3, -0.25) is 0 Å². The third kappa shape index (κ3) is 3.72. The van der Waals surface area contributed by atoms with Crippen LogP contribution in [-0.4, -0.2) is 45.8 Å². The number of hydrogen-bond acceptors (Lipinski definition) is 5. The number of carboxylic acids is 1. The topological polar surface area (TPSA) is 105 Å². The minimum absolute atomic E-state index is 0.0723. The van der Waals surface area contributed by atoms with Gasteiger partial charge in [-0.15, -0.1) is 0 Å². The van der Waals surface area contributed by atoms with E-state index in [4.69, 9.17) is 9.84 Å². The summed E-state index contributed by atoms with van der Waals surface area (Å²) in [5.74, 6) is -1.18. The van der Waals surface area contributed by atoms with Gasteiger partial charge in [0.2, 0.25) is 10.0 Å². The molecule has 1 saturated heterocycles. The Morgan fingerprint density at radius 1 is 1.48 bits per heavy atom. The molecule has 1 atom stereocenters. The molecule has 3 N–H and O–H groups in total. The molecule has 21 heavy (non-hydrogen) atoms. The van der Waals surface area contributed by atoms with Gasteiger partial charge in [0.25, 0.3) is 0 Å². The number of anilines is 1. The Kier molecular flexibility index (Phi) is 4.81. The molecule has 0 spiro atoms. The van der Waals surface area contributed by atoms with Crippen molar-refractivity contribution in [1.29, 1.82) is 0 Å². The zero-order valence-electron chi connectivity index (χ0n) is 11.6. The lowest BCUT2D eigenvalue weighted by molar-refractivity contribution is 0.0697. The minimum Gasteiger partial charge on any atom is -0.478 e. The van der Waals surface area contributed by atoms with Crippen LogP contribution in [0.15, 0.2) is 23.1 Å². The highest BCUT2D eigenvalue weighted by atomic mass is 32.2. The number of benzene rings is 1. The Balaban J connectivity index is 2.18. The Labute approximate surface area is 123 Å². The van der Waals surface area contributed by atoms with Crippen molar-refractivity contribution in [3.63, 3.8) is 0 Å². The predicted octanol–water partition coefficient (Wildman–Crippen LogP) is 0.884. The maximum absolute atomic E-state index is 12.2. The first-order valence-corrected chi connectivity index (χ1v) is 8.08. The molecule has 0 amide bonds. The Morgan fingerprint density at radius 3 is 2.81 bits per heavy atom. The van der Waals surface area contributed by atoms with E-state index in [1.165, 1.54) is 12.1 Å². The monoisotopic (exact) mass is 314 g/mol. The van der Waals surface area contributed by atoms with Crippen molar-refractivity contribution in [2.45, 2.75) is 23.8 Å². The van der Waals surface area contributed by atoms with Crippen molar-refractivity contribution < 1.29 is 23.1 Å². The van der Waals surface area contributed by atoms with Crippen LogP contribution < -0.4 is 10.0 Å². The van der Waals surface area contributed by atoms with Gasteiger partial charge < -0.3 is 15.2 Å².